The van der Waals surface area contributed by atoms with E-state index in [1.54, 1.807) is 24.5 Å². The van der Waals surface area contributed by atoms with Crippen LogP contribution < -0.4 is 11.1 Å². The standard InChI is InChI=1S/C12H13N5O2/c1-8-5-15-9(6-14-8)7-16-11-4-2-3-10(13)12(11)17(18)19/h2-6,16H,7,13H2,1H3. The molecule has 3 N–H and O–H groups in total. The number of nitrogens with one attached hydrogen (secondary N) is 1. The Bertz CT molecular complexity index is 598. The molecule has 0 fully saturated rings. The number of anilines is 2. The van der Waals surface area contributed by atoms with Crippen molar-refractivity contribution in [3.63, 3.8) is 0 Å². The van der Waals surface area contributed by atoms with Gasteiger partial charge < -0.3 is 11.1 Å². The maximum atomic E-state index is 11.0. The molecule has 7 nitrogen and oxygen atoms in total. The number of hydrogen-bond donors (Lipinski definition) is 2. The van der Waals surface area contributed by atoms with E-state index < -0.39 is 4.92 Å². The maximum Gasteiger partial charge on any atom is 0.314 e. The lowest BCUT2D eigenvalue weighted by Crippen LogP contribution is -2.06. The van der Waals surface area contributed by atoms with Crippen LogP contribution in [0.2, 0.25) is 0 Å². The predicted molar refractivity (Wildman–Crippen MR) is 71.6 cm³/mol. The molecule has 0 saturated heterocycles. The summed E-state index contributed by atoms with van der Waals surface area (Å²) in [6, 6.07) is 4.76. The van der Waals surface area contributed by atoms with Crippen molar-refractivity contribution in [2.75, 3.05) is 11.1 Å². The van der Waals surface area contributed by atoms with Crippen molar-refractivity contribution < 1.29 is 4.92 Å². The molecule has 2 aromatic rings. The smallest absolute Gasteiger partial charge is 0.314 e. The number of nitrogens with two attached hydrogens (primary N) is 1. The van der Waals surface area contributed by atoms with E-state index in [9.17, 15) is 10.1 Å². The fourth-order valence-electron chi connectivity index (χ4n) is 1.60. The number of nitro groups is 1. The third-order valence-electron chi connectivity index (χ3n) is 2.54. The van der Waals surface area contributed by atoms with Crippen LogP contribution in [0.15, 0.2) is 30.6 Å². The molecule has 0 radical (unpaired) electrons. The van der Waals surface area contributed by atoms with Gasteiger partial charge in [0, 0.05) is 6.20 Å². The Hall–Kier alpha value is -2.70. The Balaban J connectivity index is 2.18. The minimum Gasteiger partial charge on any atom is -0.393 e. The monoisotopic (exact) mass is 259 g/mol. The van der Waals surface area contributed by atoms with Gasteiger partial charge in [-0.25, -0.2) is 0 Å². The summed E-state index contributed by atoms with van der Waals surface area (Å²) in [5.74, 6) is 0. The van der Waals surface area contributed by atoms with Crippen LogP contribution in [0.1, 0.15) is 11.4 Å². The number of nitro benzene ring substituents is 1. The molecule has 0 unspecified atom stereocenters. The van der Waals surface area contributed by atoms with Crippen molar-refractivity contribution in [2.24, 2.45) is 0 Å². The Kier molecular flexibility index (Phi) is 3.56. The molecule has 19 heavy (non-hydrogen) atoms. The number of benzene rings is 1. The quantitative estimate of drug-likeness (QED) is 0.493. The minimum atomic E-state index is -0.502. The average Bonchev–Trinajstić information content (AvgIpc) is 2.37. The van der Waals surface area contributed by atoms with E-state index in [2.05, 4.69) is 15.3 Å². The first-order valence-electron chi connectivity index (χ1n) is 5.62. The van der Waals surface area contributed by atoms with E-state index in [1.807, 2.05) is 6.92 Å². The third-order valence-corrected chi connectivity index (χ3v) is 2.54. The van der Waals surface area contributed by atoms with Gasteiger partial charge in [-0.05, 0) is 19.1 Å². The highest BCUT2D eigenvalue weighted by Gasteiger charge is 2.17. The van der Waals surface area contributed by atoms with E-state index in [4.69, 9.17) is 5.73 Å². The van der Waals surface area contributed by atoms with Gasteiger partial charge in [0.1, 0.15) is 11.4 Å². The van der Waals surface area contributed by atoms with E-state index in [1.165, 1.54) is 6.07 Å². The van der Waals surface area contributed by atoms with E-state index in [0.717, 1.165) is 5.69 Å². The number of nitrogens with zero attached hydrogens (tertiary/aromatic N) is 3. The largest absolute Gasteiger partial charge is 0.393 e. The van der Waals surface area contributed by atoms with Gasteiger partial charge in [-0.3, -0.25) is 20.1 Å². The second-order valence-corrected chi connectivity index (χ2v) is 4.00. The van der Waals surface area contributed by atoms with Crippen molar-refractivity contribution in [1.29, 1.82) is 0 Å². The van der Waals surface area contributed by atoms with Crippen LogP contribution in [-0.4, -0.2) is 14.9 Å². The Morgan fingerprint density at radius 3 is 2.79 bits per heavy atom. The van der Waals surface area contributed by atoms with Crippen LogP contribution in [0.25, 0.3) is 0 Å². The van der Waals surface area contributed by atoms with E-state index >= 15 is 0 Å². The Labute approximate surface area is 109 Å². The zero-order chi connectivity index (χ0) is 13.8. The van der Waals surface area contributed by atoms with Crippen LogP contribution in [0.3, 0.4) is 0 Å². The fraction of sp³-hybridized carbons (Fsp3) is 0.167. The number of rotatable bonds is 4. The van der Waals surface area contributed by atoms with Crippen LogP contribution in [0.4, 0.5) is 17.1 Å². The zero-order valence-electron chi connectivity index (χ0n) is 10.3. The Morgan fingerprint density at radius 2 is 2.16 bits per heavy atom. The summed E-state index contributed by atoms with van der Waals surface area (Å²) in [4.78, 5) is 18.7. The molecule has 0 aliphatic carbocycles. The fourth-order valence-corrected chi connectivity index (χ4v) is 1.60. The number of para-hydroxylation sites is 1. The topological polar surface area (TPSA) is 107 Å². The summed E-state index contributed by atoms with van der Waals surface area (Å²) in [5, 5.41) is 13.9. The highest BCUT2D eigenvalue weighted by molar-refractivity contribution is 5.74. The van der Waals surface area contributed by atoms with E-state index in [0.29, 0.717) is 17.9 Å². The molecule has 1 aromatic carbocycles. The Morgan fingerprint density at radius 1 is 1.37 bits per heavy atom. The summed E-state index contributed by atoms with van der Waals surface area (Å²) < 4.78 is 0. The molecular formula is C12H13N5O2. The maximum absolute atomic E-state index is 11.0. The highest BCUT2D eigenvalue weighted by Crippen LogP contribution is 2.30. The van der Waals surface area contributed by atoms with Crippen LogP contribution >= 0.6 is 0 Å². The molecular weight excluding hydrogens is 246 g/mol. The molecule has 1 aromatic heterocycles. The van der Waals surface area contributed by atoms with Gasteiger partial charge in [0.15, 0.2) is 0 Å². The molecule has 0 spiro atoms. The SMILES string of the molecule is Cc1cnc(CNc2cccc(N)c2[N+](=O)[O-])cn1. The summed E-state index contributed by atoms with van der Waals surface area (Å²) in [5.41, 5.74) is 7.49. The number of aromatic nitrogens is 2. The molecule has 7 heteroatoms. The van der Waals surface area contributed by atoms with Crippen LogP contribution in [0.5, 0.6) is 0 Å². The van der Waals surface area contributed by atoms with Gasteiger partial charge in [0.25, 0.3) is 0 Å². The highest BCUT2D eigenvalue weighted by atomic mass is 16.6. The summed E-state index contributed by atoms with van der Waals surface area (Å²) >= 11 is 0. The molecule has 2 rings (SSSR count). The van der Waals surface area contributed by atoms with Gasteiger partial charge in [-0.2, -0.15) is 0 Å². The van der Waals surface area contributed by atoms with Crippen molar-refractivity contribution in [3.8, 4) is 0 Å². The first-order chi connectivity index (χ1) is 9.08. The summed E-state index contributed by atoms with van der Waals surface area (Å²) in [6.45, 7) is 2.19. The van der Waals surface area contributed by atoms with Crippen molar-refractivity contribution in [2.45, 2.75) is 13.5 Å². The van der Waals surface area contributed by atoms with Crippen molar-refractivity contribution >= 4 is 17.1 Å². The number of aryl methyl sites for hydroxylation is 1. The van der Waals surface area contributed by atoms with Gasteiger partial charge in [-0.15, -0.1) is 0 Å². The van der Waals surface area contributed by atoms with Crippen LogP contribution in [-0.2, 0) is 6.54 Å². The lowest BCUT2D eigenvalue weighted by Gasteiger charge is -2.07. The molecule has 0 amide bonds. The first-order valence-corrected chi connectivity index (χ1v) is 5.62. The van der Waals surface area contributed by atoms with Gasteiger partial charge in [0.2, 0.25) is 0 Å². The molecule has 0 atom stereocenters. The lowest BCUT2D eigenvalue weighted by atomic mass is 10.2. The number of nitrogen functional groups attached to an aromatic ring is 1. The van der Waals surface area contributed by atoms with Crippen molar-refractivity contribution in [3.05, 3.63) is 52.1 Å². The first kappa shape index (κ1) is 12.7. The average molecular weight is 259 g/mol. The summed E-state index contributed by atoms with van der Waals surface area (Å²) in [6.07, 6.45) is 3.27. The second kappa shape index (κ2) is 5.30. The van der Waals surface area contributed by atoms with Crippen molar-refractivity contribution in [1.82, 2.24) is 9.97 Å². The normalized spacial score (nSPS) is 10.2. The zero-order valence-corrected chi connectivity index (χ0v) is 10.3. The predicted octanol–water partition coefficient (Wildman–Crippen LogP) is 1.89. The molecule has 0 aliphatic heterocycles. The lowest BCUT2D eigenvalue weighted by molar-refractivity contribution is -0.383. The third kappa shape index (κ3) is 2.95. The molecule has 98 valence electrons. The molecule has 1 heterocycles. The molecule has 0 bridgehead atoms. The van der Waals surface area contributed by atoms with Gasteiger partial charge in [-0.1, -0.05) is 6.07 Å². The molecule has 0 aliphatic rings. The minimum absolute atomic E-state index is 0.123. The van der Waals surface area contributed by atoms with Gasteiger partial charge in [0.05, 0.1) is 29.1 Å². The number of hydrogen-bond acceptors (Lipinski definition) is 6. The van der Waals surface area contributed by atoms with Gasteiger partial charge >= 0.3 is 5.69 Å². The second-order valence-electron chi connectivity index (χ2n) is 4.00. The van der Waals surface area contributed by atoms with E-state index in [-0.39, 0.29) is 11.4 Å². The van der Waals surface area contributed by atoms with Crippen LogP contribution in [0, 0.1) is 17.0 Å². The summed E-state index contributed by atoms with van der Waals surface area (Å²) in [7, 11) is 0. The molecule has 0 saturated carbocycles.